The van der Waals surface area contributed by atoms with Crippen molar-refractivity contribution in [1.29, 1.82) is 0 Å². The molecule has 1 saturated carbocycles. The molecule has 1 aromatic carbocycles. The van der Waals surface area contributed by atoms with Crippen molar-refractivity contribution in [2.75, 3.05) is 5.73 Å². The van der Waals surface area contributed by atoms with E-state index in [1.807, 2.05) is 24.3 Å². The summed E-state index contributed by atoms with van der Waals surface area (Å²) >= 11 is 0. The lowest BCUT2D eigenvalue weighted by Crippen LogP contribution is -2.42. The molecule has 1 aromatic rings. The number of benzene rings is 1. The summed E-state index contributed by atoms with van der Waals surface area (Å²) in [5.74, 6) is 0. The summed E-state index contributed by atoms with van der Waals surface area (Å²) in [6.45, 7) is 3.37. The van der Waals surface area contributed by atoms with E-state index < -0.39 is 5.67 Å². The van der Waals surface area contributed by atoms with Gasteiger partial charge in [-0.25, -0.2) is 4.39 Å². The van der Waals surface area contributed by atoms with E-state index in [1.54, 1.807) is 13.8 Å². The molecule has 2 N–H and O–H groups in total. The molecule has 0 aliphatic heterocycles. The zero-order valence-corrected chi connectivity index (χ0v) is 10.1. The van der Waals surface area contributed by atoms with E-state index in [9.17, 15) is 4.39 Å². The van der Waals surface area contributed by atoms with E-state index in [0.29, 0.717) is 0 Å². The van der Waals surface area contributed by atoms with Gasteiger partial charge in [-0.2, -0.15) is 0 Å². The van der Waals surface area contributed by atoms with E-state index in [-0.39, 0.29) is 5.41 Å². The van der Waals surface area contributed by atoms with Gasteiger partial charge in [0.15, 0.2) is 0 Å². The highest BCUT2D eigenvalue weighted by molar-refractivity contribution is 5.52. The van der Waals surface area contributed by atoms with Gasteiger partial charge in [-0.05, 0) is 38.3 Å². The fourth-order valence-electron chi connectivity index (χ4n) is 3.10. The third-order valence-electron chi connectivity index (χ3n) is 4.07. The molecule has 0 atom stereocenters. The molecule has 0 amide bonds. The molecule has 2 heteroatoms. The number of anilines is 1. The molecule has 0 unspecified atom stereocenters. The minimum Gasteiger partial charge on any atom is -0.398 e. The van der Waals surface area contributed by atoms with E-state index in [1.165, 1.54) is 0 Å². The third-order valence-corrected chi connectivity index (χ3v) is 4.07. The number of hydrogen-bond donors (Lipinski definition) is 1. The van der Waals surface area contributed by atoms with Crippen LogP contribution in [0.25, 0.3) is 0 Å². The van der Waals surface area contributed by atoms with E-state index >= 15 is 0 Å². The normalized spacial score (nSPS) is 19.9. The quantitative estimate of drug-likeness (QED) is 0.755. The second-order valence-corrected chi connectivity index (χ2v) is 5.35. The Morgan fingerprint density at radius 3 is 2.25 bits per heavy atom. The van der Waals surface area contributed by atoms with Crippen LogP contribution in [0.5, 0.6) is 0 Å². The third kappa shape index (κ3) is 1.60. The highest BCUT2D eigenvalue weighted by atomic mass is 19.1. The number of halogens is 1. The first-order valence-electron chi connectivity index (χ1n) is 6.01. The summed E-state index contributed by atoms with van der Waals surface area (Å²) in [5.41, 5.74) is 6.16. The van der Waals surface area contributed by atoms with Gasteiger partial charge in [0.1, 0.15) is 5.67 Å². The number of nitrogen functional groups attached to an aromatic ring is 1. The van der Waals surface area contributed by atoms with Crippen LogP contribution in [0.2, 0.25) is 0 Å². The van der Waals surface area contributed by atoms with Crippen LogP contribution >= 0.6 is 0 Å². The van der Waals surface area contributed by atoms with Gasteiger partial charge in [0.05, 0.1) is 0 Å². The fraction of sp³-hybridized carbons (Fsp3) is 0.571. The molecule has 16 heavy (non-hydrogen) atoms. The van der Waals surface area contributed by atoms with Gasteiger partial charge in [0.25, 0.3) is 0 Å². The second kappa shape index (κ2) is 3.76. The van der Waals surface area contributed by atoms with Gasteiger partial charge in [0, 0.05) is 11.1 Å². The van der Waals surface area contributed by atoms with Crippen LogP contribution in [-0.2, 0) is 5.41 Å². The molecule has 0 heterocycles. The lowest BCUT2D eigenvalue weighted by molar-refractivity contribution is 0.0922. The smallest absolute Gasteiger partial charge is 0.115 e. The number of hydrogen-bond acceptors (Lipinski definition) is 1. The molecule has 1 nitrogen and oxygen atoms in total. The Morgan fingerprint density at radius 1 is 1.19 bits per heavy atom. The molecule has 0 aromatic heterocycles. The van der Waals surface area contributed by atoms with Crippen LogP contribution < -0.4 is 5.73 Å². The van der Waals surface area contributed by atoms with E-state index in [0.717, 1.165) is 36.9 Å². The van der Waals surface area contributed by atoms with E-state index in [2.05, 4.69) is 0 Å². The van der Waals surface area contributed by atoms with Crippen molar-refractivity contribution in [3.8, 4) is 0 Å². The van der Waals surface area contributed by atoms with Gasteiger partial charge in [-0.15, -0.1) is 0 Å². The van der Waals surface area contributed by atoms with Crippen LogP contribution in [0.1, 0.15) is 45.1 Å². The topological polar surface area (TPSA) is 26.0 Å². The monoisotopic (exact) mass is 221 g/mol. The zero-order valence-electron chi connectivity index (χ0n) is 10.1. The molecule has 1 fully saturated rings. The van der Waals surface area contributed by atoms with Crippen molar-refractivity contribution < 1.29 is 4.39 Å². The lowest BCUT2D eigenvalue weighted by atomic mass is 9.68. The number of para-hydroxylation sites is 1. The van der Waals surface area contributed by atoms with Crippen molar-refractivity contribution in [3.05, 3.63) is 29.8 Å². The van der Waals surface area contributed by atoms with Gasteiger partial charge in [-0.1, -0.05) is 31.0 Å². The van der Waals surface area contributed by atoms with Crippen molar-refractivity contribution in [2.24, 2.45) is 0 Å². The molecule has 2 rings (SSSR count). The Labute approximate surface area is 96.9 Å². The van der Waals surface area contributed by atoms with Crippen molar-refractivity contribution in [1.82, 2.24) is 0 Å². The second-order valence-electron chi connectivity index (χ2n) is 5.35. The number of nitrogens with two attached hydrogens (primary N) is 1. The fourth-order valence-corrected chi connectivity index (χ4v) is 3.10. The van der Waals surface area contributed by atoms with Crippen LogP contribution in [0.4, 0.5) is 10.1 Å². The Balaban J connectivity index is 2.53. The Kier molecular flexibility index (Phi) is 2.69. The summed E-state index contributed by atoms with van der Waals surface area (Å²) in [4.78, 5) is 0. The maximum Gasteiger partial charge on any atom is 0.115 e. The average molecular weight is 221 g/mol. The van der Waals surface area contributed by atoms with Crippen molar-refractivity contribution in [3.63, 3.8) is 0 Å². The minimum atomic E-state index is -1.21. The van der Waals surface area contributed by atoms with Crippen LogP contribution in [0.3, 0.4) is 0 Å². The minimum absolute atomic E-state index is 0.377. The van der Waals surface area contributed by atoms with E-state index in [4.69, 9.17) is 5.73 Å². The van der Waals surface area contributed by atoms with Crippen LogP contribution in [0.15, 0.2) is 24.3 Å². The Bertz CT molecular complexity index is 373. The maximum absolute atomic E-state index is 14.6. The highest BCUT2D eigenvalue weighted by Gasteiger charge is 2.49. The molecule has 0 spiro atoms. The average Bonchev–Trinajstić information content (AvgIpc) is 2.67. The van der Waals surface area contributed by atoms with Gasteiger partial charge < -0.3 is 5.73 Å². The molecule has 0 saturated heterocycles. The summed E-state index contributed by atoms with van der Waals surface area (Å²) in [6.07, 6.45) is 4.01. The highest BCUT2D eigenvalue weighted by Crippen LogP contribution is 2.51. The number of rotatable bonds is 2. The predicted molar refractivity (Wildman–Crippen MR) is 66.2 cm³/mol. The molecule has 1 aliphatic rings. The van der Waals surface area contributed by atoms with Gasteiger partial charge >= 0.3 is 0 Å². The summed E-state index contributed by atoms with van der Waals surface area (Å²) < 4.78 is 14.6. The van der Waals surface area contributed by atoms with Gasteiger partial charge in [0.2, 0.25) is 0 Å². The summed E-state index contributed by atoms with van der Waals surface area (Å²) in [5, 5.41) is 0. The Morgan fingerprint density at radius 2 is 1.75 bits per heavy atom. The molecule has 0 radical (unpaired) electrons. The maximum atomic E-state index is 14.6. The molecule has 88 valence electrons. The van der Waals surface area contributed by atoms with Crippen molar-refractivity contribution >= 4 is 5.69 Å². The standard InChI is InChI=1S/C14H20FN/c1-13(2,15)14(9-5-6-10-14)11-7-3-4-8-12(11)16/h3-4,7-8H,5-6,9-10,16H2,1-2H3. The van der Waals surface area contributed by atoms with Crippen LogP contribution in [0, 0.1) is 0 Å². The molecule has 1 aliphatic carbocycles. The predicted octanol–water partition coefficient (Wildman–Crippen LogP) is 3.83. The molecular formula is C14H20FN. The summed E-state index contributed by atoms with van der Waals surface area (Å²) in [7, 11) is 0. The van der Waals surface area contributed by atoms with Crippen molar-refractivity contribution in [2.45, 2.75) is 50.6 Å². The first-order valence-corrected chi connectivity index (χ1v) is 6.01. The summed E-state index contributed by atoms with van der Waals surface area (Å²) in [6, 6.07) is 7.73. The molecule has 0 bridgehead atoms. The first-order chi connectivity index (χ1) is 7.47. The number of alkyl halides is 1. The molecular weight excluding hydrogens is 201 g/mol. The largest absolute Gasteiger partial charge is 0.398 e. The SMILES string of the molecule is CC(C)(F)C1(c2ccccc2N)CCCC1. The van der Waals surface area contributed by atoms with Gasteiger partial charge in [-0.3, -0.25) is 0 Å². The zero-order chi connectivity index (χ0) is 11.8. The van der Waals surface area contributed by atoms with Crippen LogP contribution in [-0.4, -0.2) is 5.67 Å². The first kappa shape index (κ1) is 11.4. The Hall–Kier alpha value is -1.05. The lowest BCUT2D eigenvalue weighted by Gasteiger charge is -2.39.